The number of amides is 3. The van der Waals surface area contributed by atoms with E-state index in [-0.39, 0.29) is 41.9 Å². The van der Waals surface area contributed by atoms with Crippen LogP contribution in [0, 0.1) is 11.8 Å². The summed E-state index contributed by atoms with van der Waals surface area (Å²) in [7, 11) is 1.07. The fourth-order valence-corrected chi connectivity index (χ4v) is 5.30. The Morgan fingerprint density at radius 3 is 2.03 bits per heavy atom. The molecule has 0 aromatic heterocycles. The highest BCUT2D eigenvalue weighted by Crippen LogP contribution is 2.42. The van der Waals surface area contributed by atoms with E-state index in [1.807, 2.05) is 0 Å². The number of hydrogen-bond acceptors (Lipinski definition) is 11. The van der Waals surface area contributed by atoms with Crippen molar-refractivity contribution in [3.05, 3.63) is 46.8 Å². The third-order valence-electron chi connectivity index (χ3n) is 6.79. The number of hydrogen-bond donors (Lipinski definition) is 0. The van der Waals surface area contributed by atoms with E-state index in [1.165, 1.54) is 19.1 Å². The first-order valence-electron chi connectivity index (χ1n) is 12.5. The molecule has 0 spiro atoms. The smallest absolute Gasteiger partial charge is 0.464 e. The summed E-state index contributed by atoms with van der Waals surface area (Å²) in [6.45, 7) is 1.62. The lowest BCUT2D eigenvalue weighted by atomic mass is 10.0. The van der Waals surface area contributed by atoms with Crippen LogP contribution in [0.4, 0.5) is 9.59 Å². The molecule has 1 aromatic carbocycles. The van der Waals surface area contributed by atoms with Crippen molar-refractivity contribution < 1.29 is 47.7 Å². The number of fused-ring (bicyclic) bond motifs is 1. The summed E-state index contributed by atoms with van der Waals surface area (Å²) in [5, 5.41) is -2.00. The van der Waals surface area contributed by atoms with Gasteiger partial charge in [-0.3, -0.25) is 24.2 Å². The first-order valence-corrected chi connectivity index (χ1v) is 13.4. The predicted molar refractivity (Wildman–Crippen MR) is 133 cm³/mol. The number of imide groups is 1. The van der Waals surface area contributed by atoms with Crippen LogP contribution in [0.2, 0.25) is 0 Å². The second-order valence-electron chi connectivity index (χ2n) is 9.69. The molecular formula is C26H26N2O10S. The van der Waals surface area contributed by atoms with Gasteiger partial charge in [-0.05, 0) is 68.3 Å². The molecule has 206 valence electrons. The third kappa shape index (κ3) is 5.35. The molecule has 13 heteroatoms. The Kier molecular flexibility index (Phi) is 7.34. The van der Waals surface area contributed by atoms with Crippen molar-refractivity contribution >= 4 is 46.9 Å². The molecule has 12 nitrogen and oxygen atoms in total. The zero-order valence-electron chi connectivity index (χ0n) is 21.2. The fraction of sp³-hybridized carbons (Fsp3) is 0.462. The van der Waals surface area contributed by atoms with E-state index in [9.17, 15) is 28.8 Å². The maximum Gasteiger partial charge on any atom is 0.513 e. The number of β-lactam (4-membered cyclic amide) rings is 1. The largest absolute Gasteiger partial charge is 0.513 e. The molecule has 1 saturated heterocycles. The van der Waals surface area contributed by atoms with Crippen molar-refractivity contribution in [2.75, 3.05) is 20.3 Å². The molecule has 2 heterocycles. The highest BCUT2D eigenvalue weighted by atomic mass is 32.2. The van der Waals surface area contributed by atoms with E-state index >= 15 is 0 Å². The molecule has 3 fully saturated rings. The van der Waals surface area contributed by atoms with Gasteiger partial charge in [0, 0.05) is 0 Å². The first kappa shape index (κ1) is 26.7. The Morgan fingerprint density at radius 1 is 0.923 bits per heavy atom. The van der Waals surface area contributed by atoms with Crippen molar-refractivity contribution in [1.29, 1.82) is 0 Å². The summed E-state index contributed by atoms with van der Waals surface area (Å²) in [4.78, 5) is 79.2. The van der Waals surface area contributed by atoms with E-state index in [0.29, 0.717) is 11.8 Å². The molecule has 2 unspecified atom stereocenters. The number of likely N-dealkylation sites (tertiary alicyclic amines) is 1. The molecule has 2 aliphatic carbocycles. The van der Waals surface area contributed by atoms with E-state index in [0.717, 1.165) is 42.6 Å². The molecule has 39 heavy (non-hydrogen) atoms. The topological polar surface area (TPSA) is 146 Å². The number of carbonyl (C=O) groups excluding carboxylic acids is 6. The Balaban J connectivity index is 1.43. The molecule has 0 radical (unpaired) electrons. The van der Waals surface area contributed by atoms with Crippen LogP contribution in [-0.2, 0) is 28.5 Å². The lowest BCUT2D eigenvalue weighted by Crippen LogP contribution is -2.70. The highest BCUT2D eigenvalue weighted by molar-refractivity contribution is 8.13. The number of esters is 1. The predicted octanol–water partition coefficient (Wildman–Crippen LogP) is 3.07. The number of thioether (sulfide) groups is 1. The zero-order valence-corrected chi connectivity index (χ0v) is 22.1. The lowest BCUT2D eigenvalue weighted by molar-refractivity contribution is -0.153. The van der Waals surface area contributed by atoms with Gasteiger partial charge in [0.25, 0.3) is 17.7 Å². The van der Waals surface area contributed by atoms with Crippen molar-refractivity contribution in [3.63, 3.8) is 0 Å². The van der Waals surface area contributed by atoms with E-state index in [2.05, 4.69) is 0 Å². The molecule has 2 saturated carbocycles. The zero-order chi connectivity index (χ0) is 27.8. The number of benzene rings is 1. The van der Waals surface area contributed by atoms with Gasteiger partial charge in [0.1, 0.15) is 11.1 Å². The van der Waals surface area contributed by atoms with Gasteiger partial charge in [-0.25, -0.2) is 14.4 Å². The third-order valence-corrected chi connectivity index (χ3v) is 7.81. The van der Waals surface area contributed by atoms with Crippen LogP contribution in [0.15, 0.2) is 35.7 Å². The standard InChI is InChI=1S/C26H26N2O10S/c1-13(38-25(33)36-11-14-7-8-14)18(24(32)35-2)28-22(31)19(23(28)39-26(34)37-12-15-9-10-15)27-20(29)16-5-3-4-6-17(16)21(27)30/h3-6,14-15,19,23H,7-12H2,1-2H3. The van der Waals surface area contributed by atoms with Crippen LogP contribution in [0.25, 0.3) is 0 Å². The van der Waals surface area contributed by atoms with Gasteiger partial charge in [0.2, 0.25) is 0 Å². The highest BCUT2D eigenvalue weighted by Gasteiger charge is 2.60. The molecule has 2 aliphatic heterocycles. The maximum atomic E-state index is 13.5. The SMILES string of the molecule is COC(=O)C(=C(C)OC(=O)OCC1CC1)N1C(=O)C(N2C(=O)c3ccccc3C2=O)C1SC(=O)OCC1CC1. The van der Waals surface area contributed by atoms with Gasteiger partial charge >= 0.3 is 17.4 Å². The summed E-state index contributed by atoms with van der Waals surface area (Å²) >= 11 is 0.545. The second kappa shape index (κ2) is 10.7. The Morgan fingerprint density at radius 2 is 1.49 bits per heavy atom. The molecule has 0 bridgehead atoms. The maximum absolute atomic E-state index is 13.5. The number of ether oxygens (including phenoxy) is 4. The van der Waals surface area contributed by atoms with Gasteiger partial charge in [-0.15, -0.1) is 0 Å². The molecule has 5 rings (SSSR count). The van der Waals surface area contributed by atoms with E-state index in [4.69, 9.17) is 18.9 Å². The summed E-state index contributed by atoms with van der Waals surface area (Å²) < 4.78 is 20.3. The van der Waals surface area contributed by atoms with Crippen LogP contribution in [0.3, 0.4) is 0 Å². The normalized spacial score (nSPS) is 22.6. The Bertz CT molecular complexity index is 1250. The Hall–Kier alpha value is -3.87. The summed E-state index contributed by atoms with van der Waals surface area (Å²) in [6.07, 6.45) is 2.68. The minimum absolute atomic E-state index is 0.121. The van der Waals surface area contributed by atoms with Crippen LogP contribution in [0.5, 0.6) is 0 Å². The average molecular weight is 559 g/mol. The molecule has 3 amide bonds. The summed E-state index contributed by atoms with van der Waals surface area (Å²) in [6, 6.07) is 4.68. The molecular weight excluding hydrogens is 532 g/mol. The molecule has 2 atom stereocenters. The minimum atomic E-state index is -1.43. The fourth-order valence-electron chi connectivity index (χ4n) is 4.29. The first-order chi connectivity index (χ1) is 18.7. The molecule has 0 N–H and O–H groups in total. The van der Waals surface area contributed by atoms with E-state index < -0.39 is 52.3 Å². The number of carbonyl (C=O) groups is 6. The molecule has 1 aromatic rings. The van der Waals surface area contributed by atoms with Crippen LogP contribution in [0.1, 0.15) is 53.3 Å². The number of allylic oxidation sites excluding steroid dienone is 1. The summed E-state index contributed by atoms with van der Waals surface area (Å²) in [5.74, 6) is -3.06. The van der Waals surface area contributed by atoms with Gasteiger partial charge in [-0.2, -0.15) is 0 Å². The van der Waals surface area contributed by atoms with Crippen molar-refractivity contribution in [2.45, 2.75) is 44.0 Å². The summed E-state index contributed by atoms with van der Waals surface area (Å²) in [5.41, 5.74) is -0.225. The lowest BCUT2D eigenvalue weighted by Gasteiger charge is -2.48. The minimum Gasteiger partial charge on any atom is -0.464 e. The van der Waals surface area contributed by atoms with Crippen molar-refractivity contribution in [3.8, 4) is 0 Å². The van der Waals surface area contributed by atoms with Crippen LogP contribution >= 0.6 is 11.8 Å². The van der Waals surface area contributed by atoms with Crippen molar-refractivity contribution in [2.24, 2.45) is 11.8 Å². The van der Waals surface area contributed by atoms with Gasteiger partial charge in [0.05, 0.1) is 31.5 Å². The van der Waals surface area contributed by atoms with Crippen LogP contribution < -0.4 is 0 Å². The quantitative estimate of drug-likeness (QED) is 0.110. The number of methoxy groups -OCH3 is 1. The monoisotopic (exact) mass is 558 g/mol. The van der Waals surface area contributed by atoms with Crippen LogP contribution in [-0.4, -0.2) is 76.7 Å². The molecule has 4 aliphatic rings. The number of nitrogens with zero attached hydrogens (tertiary/aromatic N) is 2. The average Bonchev–Trinajstić information content (AvgIpc) is 3.85. The van der Waals surface area contributed by atoms with Gasteiger partial charge < -0.3 is 18.9 Å². The van der Waals surface area contributed by atoms with E-state index in [1.54, 1.807) is 12.1 Å². The Labute approximate surface area is 227 Å². The van der Waals surface area contributed by atoms with Crippen molar-refractivity contribution in [1.82, 2.24) is 9.80 Å². The van der Waals surface area contributed by atoms with Gasteiger partial charge in [-0.1, -0.05) is 12.1 Å². The second-order valence-corrected chi connectivity index (χ2v) is 10.7. The van der Waals surface area contributed by atoms with Gasteiger partial charge in [0.15, 0.2) is 11.7 Å². The number of rotatable bonds is 9.